The van der Waals surface area contributed by atoms with Gasteiger partial charge in [-0.15, -0.1) is 0 Å². The molecule has 27 heavy (non-hydrogen) atoms. The van der Waals surface area contributed by atoms with Crippen molar-refractivity contribution in [2.45, 2.75) is 44.9 Å². The van der Waals surface area contributed by atoms with E-state index in [1.165, 1.54) is 6.20 Å². The average Bonchev–Trinajstić information content (AvgIpc) is 3.01. The number of carbonyl (C=O) groups excluding carboxylic acids is 1. The first-order chi connectivity index (χ1) is 12.9. The van der Waals surface area contributed by atoms with E-state index in [9.17, 15) is 4.79 Å². The van der Waals surface area contributed by atoms with Crippen LogP contribution in [0.4, 0.5) is 4.79 Å². The number of hydrogen-bond acceptors (Lipinski definition) is 6. The van der Waals surface area contributed by atoms with Gasteiger partial charge in [-0.2, -0.15) is 10.4 Å². The zero-order valence-corrected chi connectivity index (χ0v) is 15.5. The fourth-order valence-corrected chi connectivity index (χ4v) is 3.53. The summed E-state index contributed by atoms with van der Waals surface area (Å²) in [5, 5.41) is 13.3. The summed E-state index contributed by atoms with van der Waals surface area (Å²) in [6, 6.07) is 1.83. The van der Waals surface area contributed by atoms with E-state index in [1.54, 1.807) is 15.6 Å². The minimum atomic E-state index is -0.538. The number of fused-ring (bicyclic) bond motifs is 3. The lowest BCUT2D eigenvalue weighted by molar-refractivity contribution is -0.0510. The molecule has 2 atom stereocenters. The number of nitrogens with zero attached hydrogens (tertiary/aromatic N) is 5. The highest BCUT2D eigenvalue weighted by Crippen LogP contribution is 2.33. The maximum Gasteiger partial charge on any atom is 0.411 e. The Balaban J connectivity index is 1.64. The molecule has 2 aliphatic rings. The van der Waals surface area contributed by atoms with E-state index in [2.05, 4.69) is 16.2 Å². The third-order valence-electron chi connectivity index (χ3n) is 4.65. The molecule has 140 valence electrons. The first-order valence-electron chi connectivity index (χ1n) is 8.89. The van der Waals surface area contributed by atoms with Gasteiger partial charge in [-0.25, -0.2) is 14.3 Å². The van der Waals surface area contributed by atoms with Gasteiger partial charge in [0, 0.05) is 18.0 Å². The molecule has 1 amide bonds. The van der Waals surface area contributed by atoms with Gasteiger partial charge in [-0.05, 0) is 32.8 Å². The van der Waals surface area contributed by atoms with E-state index in [4.69, 9.17) is 14.7 Å². The number of nitriles is 1. The molecule has 2 unspecified atom stereocenters. The van der Waals surface area contributed by atoms with E-state index in [0.29, 0.717) is 30.8 Å². The van der Waals surface area contributed by atoms with Gasteiger partial charge in [-0.3, -0.25) is 4.90 Å². The Morgan fingerprint density at radius 3 is 2.89 bits per heavy atom. The van der Waals surface area contributed by atoms with E-state index in [-0.39, 0.29) is 18.2 Å². The van der Waals surface area contributed by atoms with Crippen molar-refractivity contribution < 1.29 is 14.3 Å². The monoisotopic (exact) mass is 367 g/mol. The first kappa shape index (κ1) is 17.5. The zero-order valence-electron chi connectivity index (χ0n) is 15.5. The standard InChI is InChI=1S/C19H21N5O3/c1-19(2,3)27-18(25)24-15-4-12(5-16(24)11-26-10-15)14-7-21-17-13(6-20)8-22-23(17)9-14/h4,7-9,15-16H,5,10-11H2,1-3H3. The molecular formula is C19H21N5O3. The Kier molecular flexibility index (Phi) is 4.12. The van der Waals surface area contributed by atoms with Crippen LogP contribution < -0.4 is 0 Å². The quantitative estimate of drug-likeness (QED) is 0.768. The van der Waals surface area contributed by atoms with Gasteiger partial charge in [0.2, 0.25) is 0 Å². The normalized spacial score (nSPS) is 22.3. The highest BCUT2D eigenvalue weighted by atomic mass is 16.6. The molecule has 1 saturated heterocycles. The molecule has 0 aliphatic carbocycles. The lowest BCUT2D eigenvalue weighted by Gasteiger charge is -2.44. The molecular weight excluding hydrogens is 346 g/mol. The summed E-state index contributed by atoms with van der Waals surface area (Å²) in [4.78, 5) is 18.8. The van der Waals surface area contributed by atoms with Crippen LogP contribution in [0.25, 0.3) is 11.2 Å². The minimum absolute atomic E-state index is 0.0819. The molecule has 1 fully saturated rings. The van der Waals surface area contributed by atoms with Crippen molar-refractivity contribution in [3.63, 3.8) is 0 Å². The SMILES string of the molecule is CC(C)(C)OC(=O)N1C2C=C(c3cnc4c(C#N)cnn4c3)CC1COC2. The summed E-state index contributed by atoms with van der Waals surface area (Å²) in [5.41, 5.74) is 2.47. The number of hydrogen-bond donors (Lipinski definition) is 0. The molecule has 2 aromatic rings. The van der Waals surface area contributed by atoms with Crippen LogP contribution in [0.1, 0.15) is 38.3 Å². The van der Waals surface area contributed by atoms with Crippen LogP contribution in [0.15, 0.2) is 24.7 Å². The highest BCUT2D eigenvalue weighted by molar-refractivity contribution is 5.74. The Labute approximate surface area is 157 Å². The largest absolute Gasteiger partial charge is 0.444 e. The van der Waals surface area contributed by atoms with Crippen LogP contribution in [0.5, 0.6) is 0 Å². The summed E-state index contributed by atoms with van der Waals surface area (Å²) in [6.45, 7) is 6.51. The van der Waals surface area contributed by atoms with Crippen LogP contribution in [-0.2, 0) is 9.47 Å². The molecule has 8 heteroatoms. The van der Waals surface area contributed by atoms with Crippen molar-refractivity contribution in [3.05, 3.63) is 35.8 Å². The van der Waals surface area contributed by atoms with Crippen LogP contribution in [0, 0.1) is 11.3 Å². The van der Waals surface area contributed by atoms with E-state index in [0.717, 1.165) is 11.1 Å². The van der Waals surface area contributed by atoms with Crippen LogP contribution in [0.3, 0.4) is 0 Å². The van der Waals surface area contributed by atoms with Gasteiger partial charge >= 0.3 is 6.09 Å². The second-order valence-electron chi connectivity index (χ2n) is 7.82. The van der Waals surface area contributed by atoms with Crippen molar-refractivity contribution in [1.29, 1.82) is 5.26 Å². The molecule has 0 spiro atoms. The summed E-state index contributed by atoms with van der Waals surface area (Å²) in [7, 11) is 0. The van der Waals surface area contributed by atoms with Gasteiger partial charge in [0.15, 0.2) is 5.65 Å². The Bertz CT molecular complexity index is 966. The predicted molar refractivity (Wildman–Crippen MR) is 96.8 cm³/mol. The molecule has 0 radical (unpaired) electrons. The van der Waals surface area contributed by atoms with Crippen molar-refractivity contribution >= 4 is 17.3 Å². The molecule has 4 rings (SSSR count). The third kappa shape index (κ3) is 3.26. The predicted octanol–water partition coefficient (Wildman–Crippen LogP) is 2.39. The van der Waals surface area contributed by atoms with Crippen molar-refractivity contribution in [2.24, 2.45) is 0 Å². The average molecular weight is 367 g/mol. The summed E-state index contributed by atoms with van der Waals surface area (Å²) >= 11 is 0. The Morgan fingerprint density at radius 1 is 1.37 bits per heavy atom. The fourth-order valence-electron chi connectivity index (χ4n) is 3.53. The first-order valence-corrected chi connectivity index (χ1v) is 8.89. The van der Waals surface area contributed by atoms with Gasteiger partial charge in [0.1, 0.15) is 17.2 Å². The smallest absolute Gasteiger partial charge is 0.411 e. The molecule has 2 aliphatic heterocycles. The number of aromatic nitrogens is 3. The molecule has 0 N–H and O–H groups in total. The highest BCUT2D eigenvalue weighted by Gasteiger charge is 2.40. The maximum absolute atomic E-state index is 12.6. The van der Waals surface area contributed by atoms with Crippen LogP contribution in [-0.4, -0.2) is 56.5 Å². The number of amides is 1. The second-order valence-corrected chi connectivity index (χ2v) is 7.82. The lowest BCUT2D eigenvalue weighted by atomic mass is 9.91. The minimum Gasteiger partial charge on any atom is -0.444 e. The van der Waals surface area contributed by atoms with Gasteiger partial charge in [0.05, 0.1) is 31.5 Å². The number of rotatable bonds is 1. The number of ether oxygens (including phenoxy) is 2. The summed E-state index contributed by atoms with van der Waals surface area (Å²) in [6.07, 6.45) is 7.51. The Morgan fingerprint density at radius 2 is 2.19 bits per heavy atom. The third-order valence-corrected chi connectivity index (χ3v) is 4.65. The maximum atomic E-state index is 12.6. The van der Waals surface area contributed by atoms with Gasteiger partial charge in [0.25, 0.3) is 0 Å². The van der Waals surface area contributed by atoms with Gasteiger partial charge < -0.3 is 9.47 Å². The molecule has 2 bridgehead atoms. The lowest BCUT2D eigenvalue weighted by Crippen LogP contribution is -2.57. The number of carbonyl (C=O) groups is 1. The molecule has 0 saturated carbocycles. The van der Waals surface area contributed by atoms with Gasteiger partial charge in [-0.1, -0.05) is 6.08 Å². The zero-order chi connectivity index (χ0) is 19.2. The fraction of sp³-hybridized carbons (Fsp3) is 0.474. The van der Waals surface area contributed by atoms with E-state index < -0.39 is 5.60 Å². The topological polar surface area (TPSA) is 92.8 Å². The molecule has 2 aromatic heterocycles. The van der Waals surface area contributed by atoms with E-state index in [1.807, 2.05) is 33.0 Å². The number of morpholine rings is 1. The van der Waals surface area contributed by atoms with Crippen molar-refractivity contribution in [1.82, 2.24) is 19.5 Å². The van der Waals surface area contributed by atoms with Crippen LogP contribution in [0.2, 0.25) is 0 Å². The van der Waals surface area contributed by atoms with Crippen molar-refractivity contribution in [2.75, 3.05) is 13.2 Å². The summed E-state index contributed by atoms with van der Waals surface area (Å²) < 4.78 is 12.8. The van der Waals surface area contributed by atoms with Crippen LogP contribution >= 0.6 is 0 Å². The molecule has 8 nitrogen and oxygen atoms in total. The Hall–Kier alpha value is -2.92. The van der Waals surface area contributed by atoms with E-state index >= 15 is 0 Å². The molecule has 0 aromatic carbocycles. The summed E-state index contributed by atoms with van der Waals surface area (Å²) in [5.74, 6) is 0. The van der Waals surface area contributed by atoms with Crippen molar-refractivity contribution in [3.8, 4) is 6.07 Å². The molecule has 4 heterocycles. The second kappa shape index (κ2) is 6.35.